The molecule has 0 aliphatic rings. The largest absolute Gasteiger partial charge is 0.325 e. The van der Waals surface area contributed by atoms with Crippen molar-refractivity contribution in [3.63, 3.8) is 0 Å². The summed E-state index contributed by atoms with van der Waals surface area (Å²) in [7, 11) is 1.66. The summed E-state index contributed by atoms with van der Waals surface area (Å²) in [6.07, 6.45) is 0. The molecule has 7 nitrogen and oxygen atoms in total. The number of hydrogen-bond acceptors (Lipinski definition) is 4. The van der Waals surface area contributed by atoms with Gasteiger partial charge in [0.1, 0.15) is 0 Å². The zero-order chi connectivity index (χ0) is 22.4. The number of nitrogens with one attached hydrogen (secondary N) is 3. The second-order valence-electron chi connectivity index (χ2n) is 7.67. The van der Waals surface area contributed by atoms with Gasteiger partial charge >= 0.3 is 6.03 Å². The van der Waals surface area contributed by atoms with Crippen LogP contribution >= 0.6 is 0 Å². The van der Waals surface area contributed by atoms with Gasteiger partial charge in [-0.3, -0.25) is 19.8 Å². The van der Waals surface area contributed by atoms with Gasteiger partial charge in [-0.25, -0.2) is 4.79 Å². The van der Waals surface area contributed by atoms with Crippen LogP contribution in [0.4, 0.5) is 16.2 Å². The van der Waals surface area contributed by atoms with E-state index in [1.54, 1.807) is 24.9 Å². The molecular weight excluding hydrogens is 380 g/mol. The first-order valence-electron chi connectivity index (χ1n) is 9.84. The number of amides is 4. The Labute approximate surface area is 177 Å². The molecule has 0 bridgehead atoms. The Balaban J connectivity index is 1.90. The monoisotopic (exact) mass is 410 g/mol. The average molecular weight is 411 g/mol. The van der Waals surface area contributed by atoms with E-state index in [9.17, 15) is 14.4 Å². The van der Waals surface area contributed by atoms with Crippen LogP contribution in [-0.2, 0) is 9.59 Å². The average Bonchev–Trinajstić information content (AvgIpc) is 2.66. The van der Waals surface area contributed by atoms with E-state index in [1.165, 1.54) is 0 Å². The number of rotatable bonds is 6. The van der Waals surface area contributed by atoms with E-state index in [0.717, 1.165) is 27.9 Å². The summed E-state index contributed by atoms with van der Waals surface area (Å²) in [5.74, 6) is -0.714. The van der Waals surface area contributed by atoms with Gasteiger partial charge in [0.15, 0.2) is 0 Å². The van der Waals surface area contributed by atoms with Crippen LogP contribution < -0.4 is 16.0 Å². The first kappa shape index (κ1) is 23.1. The lowest BCUT2D eigenvalue weighted by atomic mass is 10.1. The highest BCUT2D eigenvalue weighted by molar-refractivity contribution is 6.03. The molecule has 4 amide bonds. The van der Waals surface area contributed by atoms with Crippen LogP contribution in [0.5, 0.6) is 0 Å². The van der Waals surface area contributed by atoms with Gasteiger partial charge in [0, 0.05) is 11.4 Å². The number of imide groups is 1. The third kappa shape index (κ3) is 6.15. The highest BCUT2D eigenvalue weighted by atomic mass is 16.2. The topological polar surface area (TPSA) is 90.5 Å². The van der Waals surface area contributed by atoms with Crippen molar-refractivity contribution in [2.75, 3.05) is 24.2 Å². The molecule has 0 aliphatic heterocycles. The SMILES string of the molecule is Cc1ccc(NC(=O)NC(=O)C(C)N(C)CC(=O)Nc2c(C)cccc2C)c(C)c1. The molecule has 7 heteroatoms. The van der Waals surface area contributed by atoms with Gasteiger partial charge in [-0.2, -0.15) is 0 Å². The maximum absolute atomic E-state index is 12.4. The van der Waals surface area contributed by atoms with Crippen molar-refractivity contribution >= 4 is 29.2 Å². The van der Waals surface area contributed by atoms with Crippen molar-refractivity contribution in [3.05, 3.63) is 58.7 Å². The number of carbonyl (C=O) groups is 3. The number of aryl methyl sites for hydroxylation is 4. The first-order chi connectivity index (χ1) is 14.1. The van der Waals surface area contributed by atoms with Crippen LogP contribution in [0.1, 0.15) is 29.2 Å². The maximum Gasteiger partial charge on any atom is 0.325 e. The number of hydrogen-bond donors (Lipinski definition) is 3. The van der Waals surface area contributed by atoms with Crippen molar-refractivity contribution in [2.45, 2.75) is 40.7 Å². The third-order valence-corrected chi connectivity index (χ3v) is 5.05. The fraction of sp³-hybridized carbons (Fsp3) is 0.348. The fourth-order valence-electron chi connectivity index (χ4n) is 3.08. The molecule has 2 aromatic carbocycles. The minimum absolute atomic E-state index is 0.0149. The molecule has 1 atom stereocenters. The molecule has 2 rings (SSSR count). The molecule has 0 saturated carbocycles. The minimum Gasteiger partial charge on any atom is -0.324 e. The van der Waals surface area contributed by atoms with E-state index >= 15 is 0 Å². The Bertz CT molecular complexity index is 935. The van der Waals surface area contributed by atoms with Gasteiger partial charge in [-0.1, -0.05) is 35.9 Å². The summed E-state index contributed by atoms with van der Waals surface area (Å²) < 4.78 is 0. The van der Waals surface area contributed by atoms with E-state index in [-0.39, 0.29) is 12.5 Å². The lowest BCUT2D eigenvalue weighted by Crippen LogP contribution is -2.48. The van der Waals surface area contributed by atoms with Crippen LogP contribution in [0.3, 0.4) is 0 Å². The summed E-state index contributed by atoms with van der Waals surface area (Å²) >= 11 is 0. The van der Waals surface area contributed by atoms with Gasteiger partial charge in [0.2, 0.25) is 11.8 Å². The molecule has 0 fully saturated rings. The van der Waals surface area contributed by atoms with Gasteiger partial charge in [0.25, 0.3) is 0 Å². The normalized spacial score (nSPS) is 11.7. The quantitative estimate of drug-likeness (QED) is 0.680. The molecule has 3 N–H and O–H groups in total. The summed E-state index contributed by atoms with van der Waals surface area (Å²) in [6.45, 7) is 9.37. The summed E-state index contributed by atoms with van der Waals surface area (Å²) in [6, 6.07) is 10.1. The molecule has 0 saturated heterocycles. The Morgan fingerprint density at radius 3 is 2.17 bits per heavy atom. The lowest BCUT2D eigenvalue weighted by Gasteiger charge is -2.23. The molecule has 0 spiro atoms. The van der Waals surface area contributed by atoms with Gasteiger partial charge in [0.05, 0.1) is 12.6 Å². The highest BCUT2D eigenvalue weighted by Gasteiger charge is 2.22. The molecule has 1 unspecified atom stereocenters. The number of likely N-dealkylation sites (N-methyl/N-ethyl adjacent to an activating group) is 1. The Hall–Kier alpha value is -3.19. The number of carbonyl (C=O) groups excluding carboxylic acids is 3. The van der Waals surface area contributed by atoms with E-state index in [1.807, 2.05) is 58.0 Å². The zero-order valence-electron chi connectivity index (χ0n) is 18.4. The number of urea groups is 1. The molecule has 0 aromatic heterocycles. The van der Waals surface area contributed by atoms with Gasteiger partial charge < -0.3 is 10.6 Å². The van der Waals surface area contributed by atoms with Crippen LogP contribution in [0.25, 0.3) is 0 Å². The van der Waals surface area contributed by atoms with Crippen LogP contribution in [-0.4, -0.2) is 42.4 Å². The smallest absolute Gasteiger partial charge is 0.324 e. The maximum atomic E-state index is 12.4. The third-order valence-electron chi connectivity index (χ3n) is 5.05. The Morgan fingerprint density at radius 2 is 1.57 bits per heavy atom. The standard InChI is InChI=1S/C23H30N4O3/c1-14-10-11-19(17(4)12-14)24-23(30)26-22(29)18(5)27(6)13-20(28)25-21-15(2)8-7-9-16(21)3/h7-12,18H,13H2,1-6H3,(H,25,28)(H2,24,26,29,30). The lowest BCUT2D eigenvalue weighted by molar-refractivity contribution is -0.125. The second-order valence-corrected chi connectivity index (χ2v) is 7.67. The summed E-state index contributed by atoms with van der Waals surface area (Å²) in [5, 5.41) is 7.90. The van der Waals surface area contributed by atoms with Crippen molar-refractivity contribution in [2.24, 2.45) is 0 Å². The van der Waals surface area contributed by atoms with Gasteiger partial charge in [-0.05, 0) is 64.4 Å². The van der Waals surface area contributed by atoms with Crippen molar-refractivity contribution in [1.82, 2.24) is 10.2 Å². The first-order valence-corrected chi connectivity index (χ1v) is 9.84. The number of nitrogens with zero attached hydrogens (tertiary/aromatic N) is 1. The van der Waals surface area contributed by atoms with Crippen LogP contribution in [0, 0.1) is 27.7 Å². The number of benzene rings is 2. The predicted molar refractivity (Wildman–Crippen MR) is 120 cm³/mol. The number of anilines is 2. The van der Waals surface area contributed by atoms with Crippen molar-refractivity contribution < 1.29 is 14.4 Å². The van der Waals surface area contributed by atoms with Crippen molar-refractivity contribution in [3.8, 4) is 0 Å². The molecule has 0 heterocycles. The highest BCUT2D eigenvalue weighted by Crippen LogP contribution is 2.19. The molecule has 160 valence electrons. The Morgan fingerprint density at radius 1 is 0.933 bits per heavy atom. The molecular formula is C23H30N4O3. The van der Waals surface area contributed by atoms with Gasteiger partial charge in [-0.15, -0.1) is 0 Å². The molecule has 30 heavy (non-hydrogen) atoms. The fourth-order valence-corrected chi connectivity index (χ4v) is 3.08. The van der Waals surface area contributed by atoms with E-state index in [4.69, 9.17) is 0 Å². The van der Waals surface area contributed by atoms with Crippen LogP contribution in [0.15, 0.2) is 36.4 Å². The number of para-hydroxylation sites is 1. The zero-order valence-corrected chi connectivity index (χ0v) is 18.4. The summed E-state index contributed by atoms with van der Waals surface area (Å²) in [5.41, 5.74) is 5.36. The second kappa shape index (κ2) is 10.0. The molecule has 0 aliphatic carbocycles. The van der Waals surface area contributed by atoms with Crippen LogP contribution in [0.2, 0.25) is 0 Å². The van der Waals surface area contributed by atoms with Crippen molar-refractivity contribution in [1.29, 1.82) is 0 Å². The van der Waals surface area contributed by atoms with E-state index < -0.39 is 18.0 Å². The minimum atomic E-state index is -0.668. The molecule has 0 radical (unpaired) electrons. The molecule has 2 aromatic rings. The predicted octanol–water partition coefficient (Wildman–Crippen LogP) is 3.53. The van der Waals surface area contributed by atoms with E-state index in [2.05, 4.69) is 16.0 Å². The summed E-state index contributed by atoms with van der Waals surface area (Å²) in [4.78, 5) is 38.6. The Kier molecular flexibility index (Phi) is 7.72. The van der Waals surface area contributed by atoms with E-state index in [0.29, 0.717) is 5.69 Å².